The molecule has 11 heteroatoms. The summed E-state index contributed by atoms with van der Waals surface area (Å²) in [5.41, 5.74) is 1.85. The minimum atomic E-state index is -0.210. The molecule has 1 amide bonds. The minimum Gasteiger partial charge on any atom is -0.449 e. The number of carbonyl (C=O) groups excluding carboxylic acids is 1. The number of amides is 1. The number of nitrogens with one attached hydrogen (secondary N) is 2. The number of likely N-dealkylation sites (tertiary alicyclic amines) is 1. The molecule has 2 aromatic rings. The van der Waals surface area contributed by atoms with Gasteiger partial charge in [0, 0.05) is 51.2 Å². The van der Waals surface area contributed by atoms with Gasteiger partial charge in [0.1, 0.15) is 5.82 Å². The van der Waals surface area contributed by atoms with Crippen LogP contribution in [0, 0.1) is 6.92 Å². The van der Waals surface area contributed by atoms with Crippen molar-refractivity contribution >= 4 is 39.5 Å². The Morgan fingerprint density at radius 3 is 2.80 bits per heavy atom. The largest absolute Gasteiger partial charge is 0.449 e. The summed E-state index contributed by atoms with van der Waals surface area (Å²) in [7, 11) is 0. The van der Waals surface area contributed by atoms with E-state index in [2.05, 4.69) is 66.2 Å². The molecule has 2 aliphatic rings. The number of halogens is 1. The monoisotopic (exact) mass is 548 g/mol. The number of nitrogens with zero attached hydrogens (tertiary/aromatic N) is 6. The van der Waals surface area contributed by atoms with Gasteiger partial charge in [-0.05, 0) is 68.8 Å². The van der Waals surface area contributed by atoms with Gasteiger partial charge < -0.3 is 25.2 Å². The molecule has 0 atom stereocenters. The summed E-state index contributed by atoms with van der Waals surface area (Å²) in [5.74, 6) is 1.23. The van der Waals surface area contributed by atoms with Gasteiger partial charge in [-0.2, -0.15) is 10.1 Å². The fraction of sp³-hybridized carbons (Fsp3) is 0.667. The molecule has 10 nitrogen and oxygen atoms in total. The summed E-state index contributed by atoms with van der Waals surface area (Å²) < 4.78 is 8.10. The number of cyclic esters (lactones) is 1. The highest BCUT2D eigenvalue weighted by atomic mass is 79.9. The molecular weight excluding hydrogens is 512 g/mol. The Balaban J connectivity index is 1.31. The van der Waals surface area contributed by atoms with Crippen LogP contribution >= 0.6 is 15.9 Å². The Hall–Kier alpha value is -2.40. The Morgan fingerprint density at radius 1 is 1.23 bits per heavy atom. The third-order valence-corrected chi connectivity index (χ3v) is 7.29. The fourth-order valence-electron chi connectivity index (χ4n) is 4.56. The Labute approximate surface area is 215 Å². The van der Waals surface area contributed by atoms with Crippen molar-refractivity contribution in [3.05, 3.63) is 22.6 Å². The van der Waals surface area contributed by atoms with Crippen LogP contribution in [0.5, 0.6) is 0 Å². The Kier molecular flexibility index (Phi) is 8.83. The maximum atomic E-state index is 12.0. The van der Waals surface area contributed by atoms with Gasteiger partial charge in [-0.15, -0.1) is 0 Å². The number of piperidine rings is 1. The molecule has 0 bridgehead atoms. The van der Waals surface area contributed by atoms with Crippen molar-refractivity contribution in [1.29, 1.82) is 0 Å². The summed E-state index contributed by atoms with van der Waals surface area (Å²) >= 11 is 3.53. The lowest BCUT2D eigenvalue weighted by Crippen LogP contribution is -2.39. The normalized spacial score (nSPS) is 18.0. The summed E-state index contributed by atoms with van der Waals surface area (Å²) in [4.78, 5) is 25.3. The van der Waals surface area contributed by atoms with Gasteiger partial charge in [-0.1, -0.05) is 0 Å². The van der Waals surface area contributed by atoms with Gasteiger partial charge in [-0.3, -0.25) is 4.68 Å². The zero-order valence-electron chi connectivity index (χ0n) is 21.0. The third-order valence-electron chi connectivity index (χ3n) is 6.71. The molecule has 2 aliphatic heterocycles. The lowest BCUT2D eigenvalue weighted by molar-refractivity contribution is 0.116. The third kappa shape index (κ3) is 6.84. The molecule has 192 valence electrons. The number of anilines is 3. The molecule has 0 saturated carbocycles. The fourth-order valence-corrected chi connectivity index (χ4v) is 4.89. The van der Waals surface area contributed by atoms with Crippen molar-refractivity contribution in [2.75, 3.05) is 50.0 Å². The van der Waals surface area contributed by atoms with Crippen LogP contribution in [0.15, 0.2) is 16.9 Å². The van der Waals surface area contributed by atoms with Crippen LogP contribution in [0.1, 0.15) is 57.7 Å². The van der Waals surface area contributed by atoms with Crippen LogP contribution in [0.4, 0.5) is 22.2 Å². The second-order valence-electron chi connectivity index (χ2n) is 9.57. The first-order valence-corrected chi connectivity index (χ1v) is 13.4. The molecule has 2 aromatic heterocycles. The molecular formula is C24H37BrN8O2. The van der Waals surface area contributed by atoms with E-state index in [1.807, 2.05) is 6.92 Å². The molecule has 0 spiro atoms. The lowest BCUT2D eigenvalue weighted by Gasteiger charge is -2.34. The Bertz CT molecular complexity index is 990. The maximum absolute atomic E-state index is 12.0. The van der Waals surface area contributed by atoms with Gasteiger partial charge in [0.25, 0.3) is 0 Å². The highest BCUT2D eigenvalue weighted by Gasteiger charge is 2.23. The van der Waals surface area contributed by atoms with Crippen molar-refractivity contribution in [2.45, 2.75) is 65.0 Å². The number of hydrogen-bond donors (Lipinski definition) is 2. The van der Waals surface area contributed by atoms with E-state index in [1.165, 1.54) is 0 Å². The highest BCUT2D eigenvalue weighted by Crippen LogP contribution is 2.27. The van der Waals surface area contributed by atoms with Gasteiger partial charge in [0.2, 0.25) is 5.95 Å². The predicted molar refractivity (Wildman–Crippen MR) is 140 cm³/mol. The first-order valence-electron chi connectivity index (χ1n) is 12.7. The van der Waals surface area contributed by atoms with E-state index < -0.39 is 0 Å². The number of carbonyl (C=O) groups is 1. The summed E-state index contributed by atoms with van der Waals surface area (Å²) in [6.07, 6.45) is 8.54. The molecule has 0 aromatic carbocycles. The van der Waals surface area contributed by atoms with Crippen molar-refractivity contribution < 1.29 is 9.53 Å². The van der Waals surface area contributed by atoms with E-state index >= 15 is 0 Å². The number of aryl methyl sites for hydroxylation is 1. The van der Waals surface area contributed by atoms with Crippen LogP contribution in [0.25, 0.3) is 0 Å². The van der Waals surface area contributed by atoms with Gasteiger partial charge in [0.15, 0.2) is 0 Å². The second-order valence-corrected chi connectivity index (χ2v) is 10.4. The SMILES string of the molecule is Cc1nn(C2CCN(C(C)C)CC2)cc1Nc1ncc(Br)c(NCCCN2CCCCOC2=O)n1. The molecule has 0 aliphatic carbocycles. The van der Waals surface area contributed by atoms with Gasteiger partial charge >= 0.3 is 6.09 Å². The molecule has 2 saturated heterocycles. The van der Waals surface area contributed by atoms with E-state index in [4.69, 9.17) is 9.84 Å². The minimum absolute atomic E-state index is 0.210. The van der Waals surface area contributed by atoms with E-state index in [9.17, 15) is 4.79 Å². The lowest BCUT2D eigenvalue weighted by atomic mass is 10.0. The average Bonchev–Trinajstić information content (AvgIpc) is 3.08. The van der Waals surface area contributed by atoms with Crippen LogP contribution < -0.4 is 10.6 Å². The molecule has 2 fully saturated rings. The molecule has 0 radical (unpaired) electrons. The number of aromatic nitrogens is 4. The van der Waals surface area contributed by atoms with Gasteiger partial charge in [0.05, 0.1) is 28.5 Å². The Morgan fingerprint density at radius 2 is 2.03 bits per heavy atom. The second kappa shape index (κ2) is 12.0. The average molecular weight is 550 g/mol. The summed E-state index contributed by atoms with van der Waals surface area (Å²) in [6, 6.07) is 1.01. The zero-order valence-corrected chi connectivity index (χ0v) is 22.6. The topological polar surface area (TPSA) is 100 Å². The van der Waals surface area contributed by atoms with Crippen molar-refractivity contribution in [3.63, 3.8) is 0 Å². The first-order chi connectivity index (χ1) is 16.9. The number of rotatable bonds is 9. The van der Waals surface area contributed by atoms with E-state index in [0.29, 0.717) is 43.5 Å². The smallest absolute Gasteiger partial charge is 0.409 e. The van der Waals surface area contributed by atoms with Crippen LogP contribution in [0.2, 0.25) is 0 Å². The van der Waals surface area contributed by atoms with Crippen molar-refractivity contribution in [1.82, 2.24) is 29.5 Å². The molecule has 4 heterocycles. The quantitative estimate of drug-likeness (QED) is 0.439. The predicted octanol–water partition coefficient (Wildman–Crippen LogP) is 4.57. The van der Waals surface area contributed by atoms with E-state index in [0.717, 1.165) is 67.6 Å². The van der Waals surface area contributed by atoms with Crippen LogP contribution in [-0.4, -0.2) is 81.0 Å². The molecule has 0 unspecified atom stereocenters. The molecule has 2 N–H and O–H groups in total. The van der Waals surface area contributed by atoms with Gasteiger partial charge in [-0.25, -0.2) is 9.78 Å². The van der Waals surface area contributed by atoms with Crippen molar-refractivity contribution in [3.8, 4) is 0 Å². The maximum Gasteiger partial charge on any atom is 0.409 e. The zero-order chi connectivity index (χ0) is 24.8. The number of ether oxygens (including phenoxy) is 1. The summed E-state index contributed by atoms with van der Waals surface area (Å²) in [5, 5.41) is 11.5. The van der Waals surface area contributed by atoms with E-state index in [-0.39, 0.29) is 6.09 Å². The molecule has 4 rings (SSSR count). The summed E-state index contributed by atoms with van der Waals surface area (Å²) in [6.45, 7) is 11.4. The first kappa shape index (κ1) is 25.7. The standard InChI is InChI=1S/C24H37BrN8O2/c1-17(2)31-12-7-19(8-13-31)33-16-21(18(3)30-33)28-23-27-15-20(25)22(29-23)26-9-6-11-32-10-4-5-14-35-24(32)34/h15-17,19H,4-14H2,1-3H3,(H2,26,27,28,29). The van der Waals surface area contributed by atoms with Crippen LogP contribution in [-0.2, 0) is 4.74 Å². The van der Waals surface area contributed by atoms with Crippen LogP contribution in [0.3, 0.4) is 0 Å². The number of hydrogen-bond acceptors (Lipinski definition) is 8. The van der Waals surface area contributed by atoms with E-state index in [1.54, 1.807) is 11.1 Å². The highest BCUT2D eigenvalue weighted by molar-refractivity contribution is 9.10. The van der Waals surface area contributed by atoms with Crippen molar-refractivity contribution in [2.24, 2.45) is 0 Å². The molecule has 35 heavy (non-hydrogen) atoms.